The Balaban J connectivity index is 1.98. The largest absolute Gasteiger partial charge is 0.298 e. The molecule has 0 atom stereocenters. The van der Waals surface area contributed by atoms with Gasteiger partial charge in [-0.25, -0.2) is 0 Å². The fraction of sp³-hybridized carbons (Fsp3) is 0.0625. The molecule has 1 saturated heterocycles. The Morgan fingerprint density at radius 3 is 2.54 bits per heavy atom. The van der Waals surface area contributed by atoms with Crippen LogP contribution in [0.1, 0.15) is 4.88 Å². The zero-order valence-corrected chi connectivity index (χ0v) is 15.6. The van der Waals surface area contributed by atoms with Gasteiger partial charge in [-0.15, -0.1) is 23.1 Å². The van der Waals surface area contributed by atoms with E-state index in [4.69, 9.17) is 23.8 Å². The van der Waals surface area contributed by atoms with E-state index in [9.17, 15) is 9.59 Å². The van der Waals surface area contributed by atoms with Crippen molar-refractivity contribution in [1.29, 1.82) is 0 Å². The minimum atomic E-state index is -0.491. The lowest BCUT2D eigenvalue weighted by molar-refractivity contribution is -0.122. The Bertz CT molecular complexity index is 858. The van der Waals surface area contributed by atoms with Gasteiger partial charge in [0.1, 0.15) is 5.57 Å². The summed E-state index contributed by atoms with van der Waals surface area (Å²) in [4.78, 5) is 27.1. The van der Waals surface area contributed by atoms with Gasteiger partial charge in [-0.2, -0.15) is 0 Å². The van der Waals surface area contributed by atoms with Crippen LogP contribution in [0, 0.1) is 0 Å². The van der Waals surface area contributed by atoms with E-state index in [1.807, 2.05) is 18.4 Å². The van der Waals surface area contributed by atoms with Gasteiger partial charge in [0.2, 0.25) is 0 Å². The highest BCUT2D eigenvalue weighted by atomic mass is 35.5. The molecule has 0 aliphatic carbocycles. The van der Waals surface area contributed by atoms with Crippen molar-refractivity contribution in [3.05, 3.63) is 51.9 Å². The maximum absolute atomic E-state index is 12.8. The number of nitrogens with one attached hydrogen (secondary N) is 1. The van der Waals surface area contributed by atoms with E-state index in [1.54, 1.807) is 42.1 Å². The van der Waals surface area contributed by atoms with E-state index in [1.165, 1.54) is 16.2 Å². The van der Waals surface area contributed by atoms with Gasteiger partial charge in [0.25, 0.3) is 11.8 Å². The molecule has 1 aliphatic rings. The van der Waals surface area contributed by atoms with E-state index >= 15 is 0 Å². The van der Waals surface area contributed by atoms with Crippen LogP contribution in [0.3, 0.4) is 0 Å². The Labute approximate surface area is 157 Å². The smallest absolute Gasteiger partial charge is 0.270 e. The van der Waals surface area contributed by atoms with Crippen molar-refractivity contribution in [3.8, 4) is 0 Å². The average Bonchev–Trinajstić information content (AvgIpc) is 3.01. The molecule has 2 aromatic rings. The molecule has 2 amide bonds. The Morgan fingerprint density at radius 1 is 1.21 bits per heavy atom. The topological polar surface area (TPSA) is 49.4 Å². The molecule has 1 aromatic carbocycles. The van der Waals surface area contributed by atoms with Gasteiger partial charge < -0.3 is 0 Å². The van der Waals surface area contributed by atoms with Gasteiger partial charge in [0.05, 0.1) is 9.90 Å². The lowest BCUT2D eigenvalue weighted by Gasteiger charge is -2.28. The summed E-state index contributed by atoms with van der Waals surface area (Å²) >= 11 is 14.2. The average molecular weight is 395 g/mol. The minimum Gasteiger partial charge on any atom is -0.298 e. The van der Waals surface area contributed by atoms with Gasteiger partial charge >= 0.3 is 0 Å². The third-order valence-electron chi connectivity index (χ3n) is 3.28. The maximum atomic E-state index is 12.8. The Morgan fingerprint density at radius 2 is 1.92 bits per heavy atom. The molecule has 1 fully saturated rings. The van der Waals surface area contributed by atoms with Crippen molar-refractivity contribution in [3.63, 3.8) is 0 Å². The molecule has 2 heterocycles. The number of nitrogens with zero attached hydrogens (tertiary/aromatic N) is 1. The van der Waals surface area contributed by atoms with Crippen molar-refractivity contribution in [1.82, 2.24) is 5.32 Å². The molecule has 0 spiro atoms. The van der Waals surface area contributed by atoms with Crippen molar-refractivity contribution >= 4 is 75.6 Å². The number of thiocarbonyl (C=S) groups is 1. The molecule has 1 aliphatic heterocycles. The molecule has 8 heteroatoms. The summed E-state index contributed by atoms with van der Waals surface area (Å²) in [7, 11) is 0. The van der Waals surface area contributed by atoms with E-state index in [0.29, 0.717) is 10.7 Å². The standard InChI is InChI=1S/C16H11ClN2O2S3/c1-23-13-7-6-11(24-13)8-12-14(20)18-16(22)19(15(12)21)10-4-2-9(17)3-5-10/h2-8H,1H3,(H,18,20,22)/b12-8+. The van der Waals surface area contributed by atoms with Crippen LogP contribution in [0.5, 0.6) is 0 Å². The van der Waals surface area contributed by atoms with Crippen LogP contribution >= 0.6 is 46.9 Å². The zero-order valence-electron chi connectivity index (χ0n) is 12.4. The zero-order chi connectivity index (χ0) is 17.3. The van der Waals surface area contributed by atoms with E-state index in [2.05, 4.69) is 5.32 Å². The second kappa shape index (κ2) is 7.06. The normalized spacial score (nSPS) is 16.7. The van der Waals surface area contributed by atoms with E-state index < -0.39 is 11.8 Å². The summed E-state index contributed by atoms with van der Waals surface area (Å²) in [6.07, 6.45) is 3.56. The van der Waals surface area contributed by atoms with Crippen LogP contribution in [-0.2, 0) is 9.59 Å². The number of thiophene rings is 1. The lowest BCUT2D eigenvalue weighted by atomic mass is 10.1. The van der Waals surface area contributed by atoms with Crippen LogP contribution in [0.2, 0.25) is 5.02 Å². The van der Waals surface area contributed by atoms with Crippen LogP contribution in [-0.4, -0.2) is 23.2 Å². The SMILES string of the molecule is CSc1ccc(/C=C2\C(=O)NC(=S)N(c3ccc(Cl)cc3)C2=O)s1. The molecule has 1 N–H and O–H groups in total. The molecule has 0 radical (unpaired) electrons. The second-order valence-electron chi connectivity index (χ2n) is 4.80. The summed E-state index contributed by atoms with van der Waals surface area (Å²) in [5.74, 6) is -0.945. The number of amides is 2. The second-order valence-corrected chi connectivity index (χ2v) is 7.84. The van der Waals surface area contributed by atoms with Gasteiger partial charge in [0, 0.05) is 9.90 Å². The van der Waals surface area contributed by atoms with Crippen molar-refractivity contribution in [2.45, 2.75) is 4.21 Å². The molecule has 122 valence electrons. The molecule has 3 rings (SSSR count). The third-order valence-corrected chi connectivity index (χ3v) is 5.93. The molecule has 0 unspecified atom stereocenters. The van der Waals surface area contributed by atoms with Gasteiger partial charge in [-0.05, 0) is 60.9 Å². The van der Waals surface area contributed by atoms with Gasteiger partial charge in [-0.3, -0.25) is 19.8 Å². The summed E-state index contributed by atoms with van der Waals surface area (Å²) in [6.45, 7) is 0. The minimum absolute atomic E-state index is 0.0491. The van der Waals surface area contributed by atoms with Crippen LogP contribution in [0.25, 0.3) is 6.08 Å². The summed E-state index contributed by atoms with van der Waals surface area (Å²) < 4.78 is 1.11. The highest BCUT2D eigenvalue weighted by molar-refractivity contribution is 8.00. The molecule has 4 nitrogen and oxygen atoms in total. The third kappa shape index (κ3) is 3.39. The number of hydrogen-bond acceptors (Lipinski definition) is 5. The molecular formula is C16H11ClN2O2S3. The molecule has 1 aromatic heterocycles. The fourth-order valence-electron chi connectivity index (χ4n) is 2.15. The van der Waals surface area contributed by atoms with E-state index in [0.717, 1.165) is 9.09 Å². The van der Waals surface area contributed by atoms with Crippen LogP contribution in [0.15, 0.2) is 46.2 Å². The molecule has 0 saturated carbocycles. The number of carbonyl (C=O) groups excluding carboxylic acids is 2. The summed E-state index contributed by atoms with van der Waals surface area (Å²) in [5, 5.41) is 3.17. The number of carbonyl (C=O) groups is 2. The number of hydrogen-bond donors (Lipinski definition) is 1. The number of benzene rings is 1. The fourth-order valence-corrected chi connectivity index (χ4v) is 4.06. The first-order valence-corrected chi connectivity index (χ1v) is 9.63. The van der Waals surface area contributed by atoms with Crippen molar-refractivity contribution < 1.29 is 9.59 Å². The first kappa shape index (κ1) is 17.2. The molecular weight excluding hydrogens is 384 g/mol. The highest BCUT2D eigenvalue weighted by Gasteiger charge is 2.34. The number of rotatable bonds is 3. The van der Waals surface area contributed by atoms with E-state index in [-0.39, 0.29) is 10.7 Å². The van der Waals surface area contributed by atoms with Gasteiger partial charge in [0.15, 0.2) is 5.11 Å². The summed E-state index contributed by atoms with van der Waals surface area (Å²) in [5.41, 5.74) is 0.601. The number of anilines is 1. The lowest BCUT2D eigenvalue weighted by Crippen LogP contribution is -2.54. The predicted molar refractivity (Wildman–Crippen MR) is 104 cm³/mol. The summed E-state index contributed by atoms with van der Waals surface area (Å²) in [6, 6.07) is 10.5. The van der Waals surface area contributed by atoms with Crippen LogP contribution < -0.4 is 10.2 Å². The van der Waals surface area contributed by atoms with Crippen LogP contribution in [0.4, 0.5) is 5.69 Å². The first-order valence-electron chi connectivity index (χ1n) is 6.80. The Kier molecular flexibility index (Phi) is 5.05. The molecule has 0 bridgehead atoms. The number of thioether (sulfide) groups is 1. The predicted octanol–water partition coefficient (Wildman–Crippen LogP) is 3.95. The first-order chi connectivity index (χ1) is 11.5. The highest BCUT2D eigenvalue weighted by Crippen LogP contribution is 2.28. The van der Waals surface area contributed by atoms with Crippen molar-refractivity contribution in [2.75, 3.05) is 11.2 Å². The Hall–Kier alpha value is -1.67. The van der Waals surface area contributed by atoms with Gasteiger partial charge in [-0.1, -0.05) is 11.6 Å². The molecule has 24 heavy (non-hydrogen) atoms. The monoisotopic (exact) mass is 394 g/mol. The number of halogens is 1. The van der Waals surface area contributed by atoms with Crippen molar-refractivity contribution in [2.24, 2.45) is 0 Å². The maximum Gasteiger partial charge on any atom is 0.270 e. The quantitative estimate of drug-likeness (QED) is 0.370.